The summed E-state index contributed by atoms with van der Waals surface area (Å²) in [7, 11) is 0. The van der Waals surface area contributed by atoms with Crippen LogP contribution in [0, 0.1) is 3.57 Å². The Bertz CT molecular complexity index is 1230. The number of carboxylic acids is 1. The minimum atomic E-state index is -1.07. The summed E-state index contributed by atoms with van der Waals surface area (Å²) < 4.78 is 6.31. The standard InChI is InChI=1S/C27H25IN2O5/c1-2-17(14-25(31)30-24-13-16(26(32)33)11-12-23(24)28)29-27(34)35-15-22-20-9-5-3-7-18(20)19-8-4-6-10-21(19)22/h3-13,17,22H,2,14-15H2,1H3,(H,29,34)(H,30,31)(H,32,33)/t17-/m1/s1. The Morgan fingerprint density at radius 1 is 1.00 bits per heavy atom. The van der Waals surface area contributed by atoms with Crippen LogP contribution in [0.15, 0.2) is 66.7 Å². The molecule has 180 valence electrons. The molecule has 3 N–H and O–H groups in total. The quantitative estimate of drug-likeness (QED) is 0.298. The second kappa shape index (κ2) is 10.9. The molecule has 0 heterocycles. The summed E-state index contributed by atoms with van der Waals surface area (Å²) in [5.41, 5.74) is 5.08. The number of amides is 2. The van der Waals surface area contributed by atoms with E-state index in [4.69, 9.17) is 4.74 Å². The van der Waals surface area contributed by atoms with Gasteiger partial charge >= 0.3 is 12.1 Å². The average molecular weight is 584 g/mol. The van der Waals surface area contributed by atoms with Crippen LogP contribution in [0.2, 0.25) is 0 Å². The number of rotatable bonds is 8. The second-order valence-corrected chi connectivity index (χ2v) is 9.49. The number of carbonyl (C=O) groups excluding carboxylic acids is 2. The van der Waals surface area contributed by atoms with Gasteiger partial charge in [0.05, 0.1) is 11.3 Å². The van der Waals surface area contributed by atoms with E-state index in [0.717, 1.165) is 25.8 Å². The van der Waals surface area contributed by atoms with Gasteiger partial charge < -0.3 is 20.5 Å². The number of halogens is 1. The Balaban J connectivity index is 1.34. The molecule has 3 aromatic carbocycles. The van der Waals surface area contributed by atoms with Gasteiger partial charge in [0.1, 0.15) is 6.61 Å². The first-order chi connectivity index (χ1) is 16.9. The maximum absolute atomic E-state index is 12.6. The summed E-state index contributed by atoms with van der Waals surface area (Å²) in [5.74, 6) is -1.43. The van der Waals surface area contributed by atoms with Crippen LogP contribution in [-0.2, 0) is 9.53 Å². The number of anilines is 1. The van der Waals surface area contributed by atoms with E-state index >= 15 is 0 Å². The third-order valence-electron chi connectivity index (χ3n) is 6.08. The molecule has 0 unspecified atom stereocenters. The highest BCUT2D eigenvalue weighted by molar-refractivity contribution is 14.1. The molecule has 8 heteroatoms. The molecular weight excluding hydrogens is 559 g/mol. The predicted octanol–water partition coefficient (Wildman–Crippen LogP) is 5.64. The number of fused-ring (bicyclic) bond motifs is 3. The minimum Gasteiger partial charge on any atom is -0.478 e. The Kier molecular flexibility index (Phi) is 7.70. The summed E-state index contributed by atoms with van der Waals surface area (Å²) >= 11 is 2.03. The van der Waals surface area contributed by atoms with Gasteiger partial charge in [0.15, 0.2) is 0 Å². The monoisotopic (exact) mass is 584 g/mol. The summed E-state index contributed by atoms with van der Waals surface area (Å²) in [6.45, 7) is 2.07. The molecule has 2 amide bonds. The fourth-order valence-corrected chi connectivity index (χ4v) is 4.75. The van der Waals surface area contributed by atoms with E-state index in [-0.39, 0.29) is 30.4 Å². The van der Waals surface area contributed by atoms with Gasteiger partial charge in [0.2, 0.25) is 5.91 Å². The third kappa shape index (κ3) is 5.64. The van der Waals surface area contributed by atoms with Crippen LogP contribution in [0.5, 0.6) is 0 Å². The van der Waals surface area contributed by atoms with Crippen molar-refractivity contribution in [1.29, 1.82) is 0 Å². The van der Waals surface area contributed by atoms with Crippen LogP contribution in [0.25, 0.3) is 11.1 Å². The van der Waals surface area contributed by atoms with E-state index in [2.05, 4.69) is 34.9 Å². The van der Waals surface area contributed by atoms with Crippen molar-refractivity contribution in [2.45, 2.75) is 31.7 Å². The fraction of sp³-hybridized carbons (Fsp3) is 0.222. The zero-order valence-electron chi connectivity index (χ0n) is 19.1. The molecule has 4 rings (SSSR count). The molecule has 0 saturated heterocycles. The van der Waals surface area contributed by atoms with Gasteiger partial charge in [-0.25, -0.2) is 9.59 Å². The van der Waals surface area contributed by atoms with Crippen LogP contribution < -0.4 is 10.6 Å². The van der Waals surface area contributed by atoms with Gasteiger partial charge in [-0.1, -0.05) is 55.5 Å². The fourth-order valence-electron chi connectivity index (χ4n) is 4.28. The van der Waals surface area contributed by atoms with Crippen molar-refractivity contribution in [2.75, 3.05) is 11.9 Å². The molecule has 7 nitrogen and oxygen atoms in total. The number of nitrogens with one attached hydrogen (secondary N) is 2. The molecule has 0 radical (unpaired) electrons. The zero-order valence-corrected chi connectivity index (χ0v) is 21.2. The van der Waals surface area contributed by atoms with Crippen LogP contribution in [0.4, 0.5) is 10.5 Å². The van der Waals surface area contributed by atoms with Crippen LogP contribution >= 0.6 is 22.6 Å². The van der Waals surface area contributed by atoms with Gasteiger partial charge in [0.25, 0.3) is 0 Å². The van der Waals surface area contributed by atoms with Crippen molar-refractivity contribution in [3.63, 3.8) is 0 Å². The van der Waals surface area contributed by atoms with Crippen molar-refractivity contribution in [1.82, 2.24) is 5.32 Å². The van der Waals surface area contributed by atoms with Crippen molar-refractivity contribution in [3.05, 3.63) is 87.0 Å². The lowest BCUT2D eigenvalue weighted by Crippen LogP contribution is -2.38. The third-order valence-corrected chi connectivity index (χ3v) is 7.02. The van der Waals surface area contributed by atoms with Gasteiger partial charge in [-0.05, 0) is 69.5 Å². The topological polar surface area (TPSA) is 105 Å². The van der Waals surface area contributed by atoms with E-state index in [1.807, 2.05) is 53.8 Å². The maximum Gasteiger partial charge on any atom is 0.407 e. The van der Waals surface area contributed by atoms with Crippen LogP contribution in [-0.4, -0.2) is 35.7 Å². The first kappa shape index (κ1) is 24.7. The highest BCUT2D eigenvalue weighted by Gasteiger charge is 2.29. The first-order valence-electron chi connectivity index (χ1n) is 11.3. The smallest absolute Gasteiger partial charge is 0.407 e. The average Bonchev–Trinajstić information content (AvgIpc) is 3.17. The number of hydrogen-bond acceptors (Lipinski definition) is 4. The molecule has 1 aliphatic rings. The number of hydrogen-bond donors (Lipinski definition) is 3. The Hall–Kier alpha value is -3.40. The predicted molar refractivity (Wildman–Crippen MR) is 142 cm³/mol. The van der Waals surface area contributed by atoms with Crippen molar-refractivity contribution >= 4 is 46.2 Å². The lowest BCUT2D eigenvalue weighted by atomic mass is 9.98. The number of benzene rings is 3. The van der Waals surface area contributed by atoms with E-state index in [0.29, 0.717) is 12.1 Å². The number of ether oxygens (including phenoxy) is 1. The molecule has 0 spiro atoms. The normalized spacial score (nSPS) is 12.9. The molecule has 0 aliphatic heterocycles. The summed E-state index contributed by atoms with van der Waals surface area (Å²) in [4.78, 5) is 36.4. The molecular formula is C27H25IN2O5. The SMILES string of the molecule is CC[C@H](CC(=O)Nc1cc(C(=O)O)ccc1I)NC(=O)OCC1c2ccccc2-c2ccccc21. The number of aromatic carboxylic acids is 1. The van der Waals surface area contributed by atoms with Gasteiger partial charge in [-0.3, -0.25) is 4.79 Å². The molecule has 1 atom stereocenters. The first-order valence-corrected chi connectivity index (χ1v) is 12.4. The Morgan fingerprint density at radius 3 is 2.23 bits per heavy atom. The van der Waals surface area contributed by atoms with Gasteiger partial charge in [-0.15, -0.1) is 0 Å². The minimum absolute atomic E-state index is 0.0358. The maximum atomic E-state index is 12.6. The van der Waals surface area contributed by atoms with Crippen LogP contribution in [0.1, 0.15) is 47.2 Å². The number of carbonyl (C=O) groups is 3. The molecule has 0 bridgehead atoms. The lowest BCUT2D eigenvalue weighted by molar-refractivity contribution is -0.116. The molecule has 3 aromatic rings. The Morgan fingerprint density at radius 2 is 1.63 bits per heavy atom. The van der Waals surface area contributed by atoms with Crippen molar-refractivity contribution in [3.8, 4) is 11.1 Å². The van der Waals surface area contributed by atoms with Crippen molar-refractivity contribution in [2.24, 2.45) is 0 Å². The van der Waals surface area contributed by atoms with Gasteiger partial charge in [0, 0.05) is 22.0 Å². The molecule has 0 saturated carbocycles. The highest BCUT2D eigenvalue weighted by atomic mass is 127. The zero-order chi connectivity index (χ0) is 24.9. The van der Waals surface area contributed by atoms with E-state index in [1.54, 1.807) is 6.07 Å². The van der Waals surface area contributed by atoms with Gasteiger partial charge in [-0.2, -0.15) is 0 Å². The summed E-state index contributed by atoms with van der Waals surface area (Å²) in [6.07, 6.45) is -0.00762. The summed E-state index contributed by atoms with van der Waals surface area (Å²) in [5, 5.41) is 14.7. The molecule has 1 aliphatic carbocycles. The van der Waals surface area contributed by atoms with E-state index < -0.39 is 18.1 Å². The van der Waals surface area contributed by atoms with Crippen LogP contribution in [0.3, 0.4) is 0 Å². The highest BCUT2D eigenvalue weighted by Crippen LogP contribution is 2.44. The Labute approximate surface area is 217 Å². The molecule has 0 aromatic heterocycles. The number of carboxylic acid groups (broad SMARTS) is 1. The largest absolute Gasteiger partial charge is 0.478 e. The second-order valence-electron chi connectivity index (χ2n) is 8.33. The van der Waals surface area contributed by atoms with E-state index in [9.17, 15) is 19.5 Å². The lowest BCUT2D eigenvalue weighted by Gasteiger charge is -2.19. The molecule has 35 heavy (non-hydrogen) atoms. The van der Waals surface area contributed by atoms with E-state index in [1.165, 1.54) is 12.1 Å². The number of alkyl carbamates (subject to hydrolysis) is 1. The van der Waals surface area contributed by atoms with Crippen molar-refractivity contribution < 1.29 is 24.2 Å². The summed E-state index contributed by atoms with van der Waals surface area (Å²) in [6, 6.07) is 20.3. The molecule has 0 fully saturated rings.